The van der Waals surface area contributed by atoms with Gasteiger partial charge in [-0.05, 0) is 5.56 Å². The predicted molar refractivity (Wildman–Crippen MR) is 52.7 cm³/mol. The molecule has 1 aromatic carbocycles. The Labute approximate surface area is 82.6 Å². The van der Waals surface area contributed by atoms with E-state index in [0.717, 1.165) is 17.7 Å². The Hall–Kier alpha value is -1.82. The smallest absolute Gasteiger partial charge is 0.146 e. The van der Waals surface area contributed by atoms with Gasteiger partial charge in [0.1, 0.15) is 6.10 Å². The number of rotatable bonds is 2. The summed E-state index contributed by atoms with van der Waals surface area (Å²) in [5.74, 6) is 0. The monoisotopic (exact) mass is 186 g/mol. The standard InChI is InChI=1S/C11H10N2O/c12-7-6-10-8-11(13-14-10)9-4-2-1-3-5-9/h1-5,10H,6,8H2/t10-/m0/s1. The first-order valence-electron chi connectivity index (χ1n) is 4.55. The summed E-state index contributed by atoms with van der Waals surface area (Å²) >= 11 is 0. The zero-order chi connectivity index (χ0) is 9.80. The molecule has 0 spiro atoms. The van der Waals surface area contributed by atoms with E-state index in [0.29, 0.717) is 6.42 Å². The van der Waals surface area contributed by atoms with Crippen LogP contribution in [-0.2, 0) is 4.84 Å². The van der Waals surface area contributed by atoms with Crippen LogP contribution >= 0.6 is 0 Å². The van der Waals surface area contributed by atoms with Gasteiger partial charge in [0.05, 0.1) is 18.2 Å². The van der Waals surface area contributed by atoms with E-state index < -0.39 is 0 Å². The third kappa shape index (κ3) is 1.74. The van der Waals surface area contributed by atoms with Gasteiger partial charge in [-0.25, -0.2) is 0 Å². The van der Waals surface area contributed by atoms with Crippen molar-refractivity contribution in [2.75, 3.05) is 0 Å². The number of nitriles is 1. The normalized spacial score (nSPS) is 19.6. The maximum absolute atomic E-state index is 8.50. The van der Waals surface area contributed by atoms with Crippen LogP contribution in [0.4, 0.5) is 0 Å². The van der Waals surface area contributed by atoms with Crippen LogP contribution in [0.2, 0.25) is 0 Å². The first kappa shape index (κ1) is 8.76. The van der Waals surface area contributed by atoms with Crippen molar-refractivity contribution in [2.45, 2.75) is 18.9 Å². The maximum atomic E-state index is 8.50. The van der Waals surface area contributed by atoms with Gasteiger partial charge in [-0.2, -0.15) is 5.26 Å². The molecule has 0 saturated heterocycles. The Morgan fingerprint density at radius 2 is 2.21 bits per heavy atom. The zero-order valence-corrected chi connectivity index (χ0v) is 7.68. The van der Waals surface area contributed by atoms with Gasteiger partial charge in [-0.15, -0.1) is 0 Å². The van der Waals surface area contributed by atoms with Crippen molar-refractivity contribution in [1.82, 2.24) is 0 Å². The molecule has 0 radical (unpaired) electrons. The number of nitrogens with zero attached hydrogens (tertiary/aromatic N) is 2. The molecule has 0 N–H and O–H groups in total. The van der Waals surface area contributed by atoms with Crippen molar-refractivity contribution in [3.8, 4) is 6.07 Å². The molecule has 0 unspecified atom stereocenters. The molecule has 1 aromatic rings. The molecule has 0 bridgehead atoms. The van der Waals surface area contributed by atoms with E-state index in [1.165, 1.54) is 0 Å². The first-order chi connectivity index (χ1) is 6.90. The lowest BCUT2D eigenvalue weighted by atomic mass is 10.0. The highest BCUT2D eigenvalue weighted by Crippen LogP contribution is 2.18. The summed E-state index contributed by atoms with van der Waals surface area (Å²) in [4.78, 5) is 5.13. The van der Waals surface area contributed by atoms with Crippen LogP contribution < -0.4 is 0 Å². The van der Waals surface area contributed by atoms with E-state index in [2.05, 4.69) is 11.2 Å². The zero-order valence-electron chi connectivity index (χ0n) is 7.68. The highest BCUT2D eigenvalue weighted by atomic mass is 16.6. The minimum absolute atomic E-state index is 0.0600. The molecule has 0 aromatic heterocycles. The van der Waals surface area contributed by atoms with Crippen LogP contribution in [0, 0.1) is 11.3 Å². The van der Waals surface area contributed by atoms with Gasteiger partial charge < -0.3 is 4.84 Å². The Kier molecular flexibility index (Phi) is 2.46. The summed E-state index contributed by atoms with van der Waals surface area (Å²) in [5.41, 5.74) is 2.01. The molecule has 0 aliphatic carbocycles. The lowest BCUT2D eigenvalue weighted by molar-refractivity contribution is 0.0891. The van der Waals surface area contributed by atoms with Gasteiger partial charge in [0.2, 0.25) is 0 Å². The molecular formula is C11H10N2O. The largest absolute Gasteiger partial charge is 0.391 e. The Morgan fingerprint density at radius 1 is 1.43 bits per heavy atom. The number of oxime groups is 1. The minimum Gasteiger partial charge on any atom is -0.391 e. The van der Waals surface area contributed by atoms with Crippen LogP contribution in [0.1, 0.15) is 18.4 Å². The number of hydrogen-bond donors (Lipinski definition) is 0. The molecule has 14 heavy (non-hydrogen) atoms. The fourth-order valence-electron chi connectivity index (χ4n) is 1.44. The molecule has 1 atom stereocenters. The van der Waals surface area contributed by atoms with Gasteiger partial charge in [0.25, 0.3) is 0 Å². The molecule has 1 aliphatic heterocycles. The summed E-state index contributed by atoms with van der Waals surface area (Å²) in [6.07, 6.45) is 1.08. The van der Waals surface area contributed by atoms with Gasteiger partial charge in [-0.1, -0.05) is 35.5 Å². The van der Waals surface area contributed by atoms with Crippen molar-refractivity contribution < 1.29 is 4.84 Å². The van der Waals surface area contributed by atoms with E-state index in [1.54, 1.807) is 0 Å². The van der Waals surface area contributed by atoms with Gasteiger partial charge in [-0.3, -0.25) is 0 Å². The summed E-state index contributed by atoms with van der Waals surface area (Å²) in [6.45, 7) is 0. The second kappa shape index (κ2) is 3.93. The van der Waals surface area contributed by atoms with Crippen LogP contribution in [-0.4, -0.2) is 11.8 Å². The molecule has 70 valence electrons. The summed E-state index contributed by atoms with van der Waals surface area (Å²) in [5, 5.41) is 12.5. The van der Waals surface area contributed by atoms with Crippen molar-refractivity contribution in [1.29, 1.82) is 5.26 Å². The van der Waals surface area contributed by atoms with Gasteiger partial charge in [0, 0.05) is 6.42 Å². The molecule has 0 amide bonds. The molecular weight excluding hydrogens is 176 g/mol. The highest BCUT2D eigenvalue weighted by Gasteiger charge is 2.21. The van der Waals surface area contributed by atoms with Crippen LogP contribution in [0.15, 0.2) is 35.5 Å². The summed E-state index contributed by atoms with van der Waals surface area (Å²) in [6, 6.07) is 12.0. The highest BCUT2D eigenvalue weighted by molar-refractivity contribution is 6.01. The molecule has 3 nitrogen and oxygen atoms in total. The van der Waals surface area contributed by atoms with Crippen LogP contribution in [0.5, 0.6) is 0 Å². The molecule has 0 fully saturated rings. The fraction of sp³-hybridized carbons (Fsp3) is 0.273. The molecule has 2 rings (SSSR count). The van der Waals surface area contributed by atoms with Crippen molar-refractivity contribution in [2.24, 2.45) is 5.16 Å². The fourth-order valence-corrected chi connectivity index (χ4v) is 1.44. The predicted octanol–water partition coefficient (Wildman–Crippen LogP) is 2.09. The topological polar surface area (TPSA) is 45.4 Å². The van der Waals surface area contributed by atoms with Crippen molar-refractivity contribution in [3.05, 3.63) is 35.9 Å². The lowest BCUT2D eigenvalue weighted by Crippen LogP contribution is -2.06. The van der Waals surface area contributed by atoms with Gasteiger partial charge in [0.15, 0.2) is 0 Å². The van der Waals surface area contributed by atoms with Crippen molar-refractivity contribution in [3.63, 3.8) is 0 Å². The van der Waals surface area contributed by atoms with Crippen LogP contribution in [0.3, 0.4) is 0 Å². The maximum Gasteiger partial charge on any atom is 0.146 e. The van der Waals surface area contributed by atoms with E-state index in [1.807, 2.05) is 30.3 Å². The lowest BCUT2D eigenvalue weighted by Gasteiger charge is -2.00. The average Bonchev–Trinajstić information content (AvgIpc) is 2.68. The SMILES string of the molecule is N#CC[C@H]1CC(c2ccccc2)=NO1. The molecule has 1 aliphatic rings. The average molecular weight is 186 g/mol. The van der Waals surface area contributed by atoms with Crippen molar-refractivity contribution >= 4 is 5.71 Å². The molecule has 1 heterocycles. The molecule has 0 saturated carbocycles. The van der Waals surface area contributed by atoms with E-state index >= 15 is 0 Å². The van der Waals surface area contributed by atoms with E-state index in [9.17, 15) is 0 Å². The number of hydrogen-bond acceptors (Lipinski definition) is 3. The third-order valence-electron chi connectivity index (χ3n) is 2.16. The number of benzene rings is 1. The summed E-state index contributed by atoms with van der Waals surface area (Å²) in [7, 11) is 0. The quantitative estimate of drug-likeness (QED) is 0.709. The van der Waals surface area contributed by atoms with Gasteiger partial charge >= 0.3 is 0 Å². The second-order valence-corrected chi connectivity index (χ2v) is 3.20. The Bertz CT molecular complexity index is 378. The third-order valence-corrected chi connectivity index (χ3v) is 2.16. The second-order valence-electron chi connectivity index (χ2n) is 3.20. The van der Waals surface area contributed by atoms with Crippen LogP contribution in [0.25, 0.3) is 0 Å². The minimum atomic E-state index is -0.0600. The van der Waals surface area contributed by atoms with E-state index in [4.69, 9.17) is 10.1 Å². The Balaban J connectivity index is 2.06. The molecule has 3 heteroatoms. The first-order valence-corrected chi connectivity index (χ1v) is 4.55. The Morgan fingerprint density at radius 3 is 2.93 bits per heavy atom. The summed E-state index contributed by atoms with van der Waals surface area (Å²) < 4.78 is 0. The van der Waals surface area contributed by atoms with E-state index in [-0.39, 0.29) is 6.10 Å².